The van der Waals surface area contributed by atoms with E-state index in [1.807, 2.05) is 48.5 Å². The maximum atomic E-state index is 6.30. The molecule has 0 bridgehead atoms. The van der Waals surface area contributed by atoms with E-state index in [9.17, 15) is 0 Å². The van der Waals surface area contributed by atoms with Crippen molar-refractivity contribution in [1.29, 1.82) is 0 Å². The zero-order chi connectivity index (χ0) is 37.1. The van der Waals surface area contributed by atoms with Crippen molar-refractivity contribution >= 4 is 21.9 Å². The third-order valence-corrected chi connectivity index (χ3v) is 11.2. The van der Waals surface area contributed by atoms with Crippen molar-refractivity contribution in [2.45, 2.75) is 5.41 Å². The molecule has 0 saturated carbocycles. The number of benzene rings is 8. The van der Waals surface area contributed by atoms with Crippen LogP contribution >= 0.6 is 0 Å². The fourth-order valence-corrected chi connectivity index (χ4v) is 8.73. The molecule has 262 valence electrons. The van der Waals surface area contributed by atoms with Crippen molar-refractivity contribution < 1.29 is 4.42 Å². The van der Waals surface area contributed by atoms with Crippen LogP contribution in [0.3, 0.4) is 0 Å². The first-order valence-corrected chi connectivity index (χ1v) is 18.9. The van der Waals surface area contributed by atoms with Gasteiger partial charge in [0.1, 0.15) is 11.2 Å². The van der Waals surface area contributed by atoms with Crippen LogP contribution in [-0.4, -0.2) is 15.0 Å². The molecule has 0 unspecified atom stereocenters. The Bertz CT molecular complexity index is 2970. The highest BCUT2D eigenvalue weighted by Gasteiger charge is 2.46. The Hall–Kier alpha value is -7.43. The lowest BCUT2D eigenvalue weighted by atomic mass is 9.67. The summed E-state index contributed by atoms with van der Waals surface area (Å²) in [6.07, 6.45) is 0. The summed E-state index contributed by atoms with van der Waals surface area (Å²) in [5.74, 6) is 1.86. The fourth-order valence-electron chi connectivity index (χ4n) is 8.73. The Balaban J connectivity index is 1.27. The third kappa shape index (κ3) is 4.96. The molecular weight excluding hydrogens is 683 g/mol. The number of aromatic nitrogens is 3. The zero-order valence-electron chi connectivity index (χ0n) is 30.3. The lowest BCUT2D eigenvalue weighted by Crippen LogP contribution is -2.28. The quantitative estimate of drug-likeness (QED) is 0.172. The van der Waals surface area contributed by atoms with Crippen LogP contribution < -0.4 is 0 Å². The van der Waals surface area contributed by atoms with E-state index in [4.69, 9.17) is 19.4 Å². The van der Waals surface area contributed by atoms with Crippen LogP contribution in [0, 0.1) is 0 Å². The average molecular weight is 716 g/mol. The molecule has 4 nitrogen and oxygen atoms in total. The molecule has 1 aliphatic carbocycles. The molecule has 0 radical (unpaired) electrons. The zero-order valence-corrected chi connectivity index (χ0v) is 30.3. The van der Waals surface area contributed by atoms with Crippen LogP contribution in [0.1, 0.15) is 22.3 Å². The molecule has 4 heteroatoms. The second kappa shape index (κ2) is 12.9. The molecule has 0 fully saturated rings. The summed E-state index contributed by atoms with van der Waals surface area (Å²) in [5, 5.41) is 2.15. The molecule has 1 aliphatic rings. The maximum absolute atomic E-state index is 6.30. The number of nitrogens with zero attached hydrogens (tertiary/aromatic N) is 3. The van der Waals surface area contributed by atoms with Crippen molar-refractivity contribution in [3.05, 3.63) is 222 Å². The van der Waals surface area contributed by atoms with E-state index in [1.54, 1.807) is 0 Å². The Morgan fingerprint density at radius 2 is 0.857 bits per heavy atom. The molecular formula is C52H33N3O. The largest absolute Gasteiger partial charge is 0.456 e. The van der Waals surface area contributed by atoms with Crippen molar-refractivity contribution in [2.24, 2.45) is 0 Å². The van der Waals surface area contributed by atoms with Crippen molar-refractivity contribution in [1.82, 2.24) is 15.0 Å². The number of para-hydroxylation sites is 1. The van der Waals surface area contributed by atoms with Crippen LogP contribution in [0.25, 0.3) is 78.4 Å². The van der Waals surface area contributed by atoms with Gasteiger partial charge in [-0.05, 0) is 74.8 Å². The van der Waals surface area contributed by atoms with E-state index in [0.717, 1.165) is 49.8 Å². The van der Waals surface area contributed by atoms with E-state index >= 15 is 0 Å². The van der Waals surface area contributed by atoms with Crippen molar-refractivity contribution in [3.63, 3.8) is 0 Å². The van der Waals surface area contributed by atoms with Gasteiger partial charge in [-0.25, -0.2) is 15.0 Å². The minimum atomic E-state index is -0.593. The first-order valence-electron chi connectivity index (χ1n) is 18.9. The van der Waals surface area contributed by atoms with Crippen LogP contribution in [0.2, 0.25) is 0 Å². The summed E-state index contributed by atoms with van der Waals surface area (Å²) in [5.41, 5.74) is 13.2. The van der Waals surface area contributed by atoms with Gasteiger partial charge in [0.25, 0.3) is 0 Å². The summed E-state index contributed by atoms with van der Waals surface area (Å²) >= 11 is 0. The summed E-state index contributed by atoms with van der Waals surface area (Å²) in [6.45, 7) is 0. The van der Waals surface area contributed by atoms with Gasteiger partial charge in [-0.15, -0.1) is 0 Å². The number of furan rings is 1. The summed E-state index contributed by atoms with van der Waals surface area (Å²) in [4.78, 5) is 15.7. The molecule has 11 rings (SSSR count). The van der Waals surface area contributed by atoms with E-state index < -0.39 is 5.41 Å². The fraction of sp³-hybridized carbons (Fsp3) is 0.0192. The Morgan fingerprint density at radius 3 is 1.52 bits per heavy atom. The van der Waals surface area contributed by atoms with Crippen LogP contribution in [0.15, 0.2) is 205 Å². The van der Waals surface area contributed by atoms with Crippen molar-refractivity contribution in [2.75, 3.05) is 0 Å². The molecule has 8 aromatic carbocycles. The molecule has 0 atom stereocenters. The highest BCUT2D eigenvalue weighted by Crippen LogP contribution is 2.58. The molecule has 0 aliphatic heterocycles. The summed E-state index contributed by atoms with van der Waals surface area (Å²) < 4.78 is 6.30. The van der Waals surface area contributed by atoms with E-state index in [2.05, 4.69) is 152 Å². The Kier molecular flexibility index (Phi) is 7.36. The van der Waals surface area contributed by atoms with Crippen LogP contribution in [0.5, 0.6) is 0 Å². The molecule has 10 aromatic rings. The SMILES string of the molecule is c1ccc(-c2nc(-c3ccccc3)nc(-c3cc4c(cc3-c3ccc5oc6ccccc6c5c3)-c3ccccc3C4(c3ccccc3)c3ccccc3)n2)cc1. The molecule has 56 heavy (non-hydrogen) atoms. The number of hydrogen-bond donors (Lipinski definition) is 0. The Morgan fingerprint density at radius 1 is 0.321 bits per heavy atom. The van der Waals surface area contributed by atoms with Gasteiger partial charge < -0.3 is 4.42 Å². The molecule has 0 saturated heterocycles. The minimum absolute atomic E-state index is 0.593. The molecule has 2 heterocycles. The average Bonchev–Trinajstić information content (AvgIpc) is 3.80. The predicted octanol–water partition coefficient (Wildman–Crippen LogP) is 12.8. The second-order valence-electron chi connectivity index (χ2n) is 14.3. The van der Waals surface area contributed by atoms with Crippen LogP contribution in [0.4, 0.5) is 0 Å². The standard InChI is InChI=1S/C52H33N3O/c1-5-17-34(18-6-1)49-53-50(35-19-7-2-8-20-35)55-51(54-49)44-33-46-42(32-41(44)36-29-30-48-43(31-36)40-26-14-16-28-47(40)56-48)39-25-13-15-27-45(39)52(46,37-21-9-3-10-22-37)38-23-11-4-12-24-38/h1-33H. The van der Waals surface area contributed by atoms with Gasteiger partial charge in [0, 0.05) is 27.5 Å². The highest BCUT2D eigenvalue weighted by atomic mass is 16.3. The van der Waals surface area contributed by atoms with Gasteiger partial charge in [-0.3, -0.25) is 0 Å². The number of rotatable bonds is 6. The van der Waals surface area contributed by atoms with Gasteiger partial charge in [0.2, 0.25) is 0 Å². The normalized spacial score (nSPS) is 12.8. The van der Waals surface area contributed by atoms with Gasteiger partial charge in [-0.1, -0.05) is 170 Å². The number of hydrogen-bond acceptors (Lipinski definition) is 4. The summed E-state index contributed by atoms with van der Waals surface area (Å²) in [7, 11) is 0. The highest BCUT2D eigenvalue weighted by molar-refractivity contribution is 6.07. The van der Waals surface area contributed by atoms with Gasteiger partial charge >= 0.3 is 0 Å². The topological polar surface area (TPSA) is 51.8 Å². The van der Waals surface area contributed by atoms with E-state index in [1.165, 1.54) is 33.4 Å². The van der Waals surface area contributed by atoms with Gasteiger partial charge in [0.15, 0.2) is 17.5 Å². The number of fused-ring (bicyclic) bond motifs is 6. The smallest absolute Gasteiger partial charge is 0.164 e. The maximum Gasteiger partial charge on any atom is 0.164 e. The predicted molar refractivity (Wildman–Crippen MR) is 226 cm³/mol. The first-order chi connectivity index (χ1) is 27.8. The summed E-state index contributed by atoms with van der Waals surface area (Å²) in [6, 6.07) is 70.5. The van der Waals surface area contributed by atoms with Gasteiger partial charge in [0.05, 0.1) is 5.41 Å². The first kappa shape index (κ1) is 32.0. The van der Waals surface area contributed by atoms with Crippen LogP contribution in [-0.2, 0) is 5.41 Å². The molecule has 0 N–H and O–H groups in total. The second-order valence-corrected chi connectivity index (χ2v) is 14.3. The monoisotopic (exact) mass is 715 g/mol. The van der Waals surface area contributed by atoms with E-state index in [0.29, 0.717) is 17.5 Å². The molecule has 2 aromatic heterocycles. The van der Waals surface area contributed by atoms with Gasteiger partial charge in [-0.2, -0.15) is 0 Å². The van der Waals surface area contributed by atoms with Crippen molar-refractivity contribution in [3.8, 4) is 56.4 Å². The third-order valence-electron chi connectivity index (χ3n) is 11.2. The lowest BCUT2D eigenvalue weighted by Gasteiger charge is -2.34. The molecule has 0 amide bonds. The Labute approximate surface area is 324 Å². The minimum Gasteiger partial charge on any atom is -0.456 e. The van der Waals surface area contributed by atoms with E-state index in [-0.39, 0.29) is 0 Å². The molecule has 0 spiro atoms. The lowest BCUT2D eigenvalue weighted by molar-refractivity contribution is 0.669.